The average molecular weight is 240 g/mol. The highest BCUT2D eigenvalue weighted by atomic mass is 32.2. The second-order valence-electron chi connectivity index (χ2n) is 3.41. The van der Waals surface area contributed by atoms with Crippen LogP contribution in [0.2, 0.25) is 0 Å². The molecular weight excluding hydrogens is 224 g/mol. The molecule has 0 aromatic carbocycles. The average Bonchev–Trinajstić information content (AvgIpc) is 2.29. The van der Waals surface area contributed by atoms with Gasteiger partial charge in [-0.15, -0.1) is 0 Å². The maximum absolute atomic E-state index is 11.0. The molecule has 88 valence electrons. The first-order valence-electron chi connectivity index (χ1n) is 5.12. The predicted octanol–water partition coefficient (Wildman–Crippen LogP) is 2.33. The Labute approximate surface area is 99.5 Å². The normalized spacial score (nSPS) is 12.1. The molecule has 0 spiro atoms. The van der Waals surface area contributed by atoms with Gasteiger partial charge in [-0.1, -0.05) is 6.92 Å². The van der Waals surface area contributed by atoms with E-state index in [1.807, 2.05) is 6.26 Å². The summed E-state index contributed by atoms with van der Waals surface area (Å²) in [6, 6.07) is 3.44. The Balaban J connectivity index is 2.82. The highest BCUT2D eigenvalue weighted by Gasteiger charge is 2.13. The van der Waals surface area contributed by atoms with Gasteiger partial charge in [-0.05, 0) is 24.8 Å². The molecule has 0 saturated carbocycles. The number of aromatic nitrogens is 1. The monoisotopic (exact) mass is 240 g/mol. The Morgan fingerprint density at radius 3 is 3.00 bits per heavy atom. The fourth-order valence-corrected chi connectivity index (χ4v) is 2.07. The van der Waals surface area contributed by atoms with E-state index in [-0.39, 0.29) is 11.6 Å². The summed E-state index contributed by atoms with van der Waals surface area (Å²) in [5.74, 6) is 0.442. The summed E-state index contributed by atoms with van der Waals surface area (Å²) in [6.07, 6.45) is 4.57. The van der Waals surface area contributed by atoms with Gasteiger partial charge < -0.3 is 10.4 Å². The van der Waals surface area contributed by atoms with Gasteiger partial charge in [0.2, 0.25) is 0 Å². The Hall–Kier alpha value is -1.23. The van der Waals surface area contributed by atoms with Crippen LogP contribution in [0.15, 0.2) is 18.3 Å². The van der Waals surface area contributed by atoms with Gasteiger partial charge in [-0.2, -0.15) is 11.8 Å². The minimum Gasteiger partial charge on any atom is -0.478 e. The van der Waals surface area contributed by atoms with E-state index >= 15 is 0 Å². The highest BCUT2D eigenvalue weighted by Crippen LogP contribution is 2.15. The second-order valence-corrected chi connectivity index (χ2v) is 4.32. The number of aromatic carboxylic acids is 1. The molecule has 0 bridgehead atoms. The van der Waals surface area contributed by atoms with Crippen LogP contribution in [-0.2, 0) is 0 Å². The molecule has 0 radical (unpaired) electrons. The molecule has 1 aromatic heterocycles. The van der Waals surface area contributed by atoms with Gasteiger partial charge >= 0.3 is 5.97 Å². The van der Waals surface area contributed by atoms with Crippen molar-refractivity contribution in [2.75, 3.05) is 17.3 Å². The van der Waals surface area contributed by atoms with E-state index < -0.39 is 5.97 Å². The molecule has 1 heterocycles. The zero-order chi connectivity index (χ0) is 12.0. The number of hydrogen-bond donors (Lipinski definition) is 2. The van der Waals surface area contributed by atoms with Crippen molar-refractivity contribution >= 4 is 23.5 Å². The van der Waals surface area contributed by atoms with Crippen LogP contribution in [0, 0.1) is 0 Å². The van der Waals surface area contributed by atoms with Crippen molar-refractivity contribution in [3.8, 4) is 0 Å². The van der Waals surface area contributed by atoms with E-state index in [1.165, 1.54) is 0 Å². The molecular formula is C11H16N2O2S. The molecule has 0 aliphatic rings. The van der Waals surface area contributed by atoms with E-state index in [2.05, 4.69) is 17.2 Å². The number of nitrogens with zero attached hydrogens (tertiary/aromatic N) is 1. The summed E-state index contributed by atoms with van der Waals surface area (Å²) in [7, 11) is 0. The molecule has 4 nitrogen and oxygen atoms in total. The van der Waals surface area contributed by atoms with Gasteiger partial charge in [0.05, 0.1) is 0 Å². The fraction of sp³-hybridized carbons (Fsp3) is 0.455. The first kappa shape index (κ1) is 12.8. The summed E-state index contributed by atoms with van der Waals surface area (Å²) in [5.41, 5.74) is 0.224. The molecule has 0 fully saturated rings. The third-order valence-corrected chi connectivity index (χ3v) is 2.98. The lowest BCUT2D eigenvalue weighted by molar-refractivity contribution is 0.0697. The van der Waals surface area contributed by atoms with E-state index in [9.17, 15) is 4.79 Å². The molecule has 0 saturated heterocycles. The van der Waals surface area contributed by atoms with E-state index in [1.54, 1.807) is 30.1 Å². The van der Waals surface area contributed by atoms with Gasteiger partial charge in [0.1, 0.15) is 11.4 Å². The number of pyridine rings is 1. The Bertz CT molecular complexity index is 358. The SMILES string of the molecule is CCC(CSC)Nc1ncccc1C(=O)O. The van der Waals surface area contributed by atoms with Crippen LogP contribution >= 0.6 is 11.8 Å². The number of hydrogen-bond acceptors (Lipinski definition) is 4. The number of thioether (sulfide) groups is 1. The Kier molecular flexibility index (Phi) is 5.11. The third-order valence-electron chi connectivity index (χ3n) is 2.24. The number of rotatable bonds is 6. The highest BCUT2D eigenvalue weighted by molar-refractivity contribution is 7.98. The number of carboxylic acid groups (broad SMARTS) is 1. The molecule has 0 aliphatic carbocycles. The minimum absolute atomic E-state index is 0.224. The second kappa shape index (κ2) is 6.37. The van der Waals surface area contributed by atoms with Crippen molar-refractivity contribution in [3.63, 3.8) is 0 Å². The largest absolute Gasteiger partial charge is 0.478 e. The zero-order valence-corrected chi connectivity index (χ0v) is 10.3. The lowest BCUT2D eigenvalue weighted by Gasteiger charge is -2.17. The van der Waals surface area contributed by atoms with Gasteiger partial charge in [-0.3, -0.25) is 0 Å². The summed E-state index contributed by atoms with van der Waals surface area (Å²) >= 11 is 1.73. The molecule has 2 N–H and O–H groups in total. The van der Waals surface area contributed by atoms with Gasteiger partial charge in [0.25, 0.3) is 0 Å². The Morgan fingerprint density at radius 2 is 2.44 bits per heavy atom. The number of anilines is 1. The molecule has 1 rings (SSSR count). The predicted molar refractivity (Wildman–Crippen MR) is 67.3 cm³/mol. The topological polar surface area (TPSA) is 62.2 Å². The number of nitrogens with one attached hydrogen (secondary N) is 1. The van der Waals surface area contributed by atoms with E-state index in [4.69, 9.17) is 5.11 Å². The van der Waals surface area contributed by atoms with Crippen LogP contribution in [0.3, 0.4) is 0 Å². The quantitative estimate of drug-likeness (QED) is 0.799. The maximum Gasteiger partial charge on any atom is 0.339 e. The van der Waals surface area contributed by atoms with Gasteiger partial charge in [-0.25, -0.2) is 9.78 Å². The summed E-state index contributed by atoms with van der Waals surface area (Å²) in [5, 5.41) is 12.2. The molecule has 1 atom stereocenters. The summed E-state index contributed by atoms with van der Waals surface area (Å²) < 4.78 is 0. The van der Waals surface area contributed by atoms with Crippen molar-refractivity contribution in [2.24, 2.45) is 0 Å². The minimum atomic E-state index is -0.949. The van der Waals surface area contributed by atoms with E-state index in [0.29, 0.717) is 5.82 Å². The Morgan fingerprint density at radius 1 is 1.69 bits per heavy atom. The lowest BCUT2D eigenvalue weighted by Crippen LogP contribution is -2.23. The van der Waals surface area contributed by atoms with Crippen LogP contribution < -0.4 is 5.32 Å². The smallest absolute Gasteiger partial charge is 0.339 e. The van der Waals surface area contributed by atoms with Crippen LogP contribution in [0.4, 0.5) is 5.82 Å². The number of carbonyl (C=O) groups is 1. The van der Waals surface area contributed by atoms with Crippen LogP contribution in [0.5, 0.6) is 0 Å². The molecule has 16 heavy (non-hydrogen) atoms. The molecule has 0 aliphatic heterocycles. The van der Waals surface area contributed by atoms with Crippen molar-refractivity contribution in [1.82, 2.24) is 4.98 Å². The third kappa shape index (κ3) is 3.41. The maximum atomic E-state index is 11.0. The van der Waals surface area contributed by atoms with Gasteiger partial charge in [0.15, 0.2) is 0 Å². The summed E-state index contributed by atoms with van der Waals surface area (Å²) in [4.78, 5) is 15.0. The summed E-state index contributed by atoms with van der Waals surface area (Å²) in [6.45, 7) is 2.07. The van der Waals surface area contributed by atoms with Crippen LogP contribution in [-0.4, -0.2) is 34.1 Å². The lowest BCUT2D eigenvalue weighted by atomic mass is 10.2. The van der Waals surface area contributed by atoms with E-state index in [0.717, 1.165) is 12.2 Å². The molecule has 0 amide bonds. The van der Waals surface area contributed by atoms with Crippen LogP contribution in [0.25, 0.3) is 0 Å². The van der Waals surface area contributed by atoms with Crippen molar-refractivity contribution in [2.45, 2.75) is 19.4 Å². The fourth-order valence-electron chi connectivity index (χ4n) is 1.35. The first-order valence-corrected chi connectivity index (χ1v) is 6.52. The molecule has 1 unspecified atom stereocenters. The standard InChI is InChI=1S/C11H16N2O2S/c1-3-8(7-16-2)13-10-9(11(14)15)5-4-6-12-10/h4-6,8H,3,7H2,1-2H3,(H,12,13)(H,14,15). The molecule has 5 heteroatoms. The first-order chi connectivity index (χ1) is 7.69. The number of carboxylic acids is 1. The van der Waals surface area contributed by atoms with Crippen molar-refractivity contribution in [1.29, 1.82) is 0 Å². The zero-order valence-electron chi connectivity index (χ0n) is 9.43. The van der Waals surface area contributed by atoms with Gasteiger partial charge in [0, 0.05) is 18.0 Å². The van der Waals surface area contributed by atoms with Crippen molar-refractivity contribution in [3.05, 3.63) is 23.9 Å². The van der Waals surface area contributed by atoms with Crippen LogP contribution in [0.1, 0.15) is 23.7 Å². The molecule has 1 aromatic rings. The van der Waals surface area contributed by atoms with Crippen molar-refractivity contribution < 1.29 is 9.90 Å².